The molecule has 33 heavy (non-hydrogen) atoms. The summed E-state index contributed by atoms with van der Waals surface area (Å²) < 4.78 is 27.9. The Bertz CT molecular complexity index is 911. The average Bonchev–Trinajstić information content (AvgIpc) is 3.15. The molecule has 2 amide bonds. The van der Waals surface area contributed by atoms with Crippen molar-refractivity contribution in [3.05, 3.63) is 24.3 Å². The van der Waals surface area contributed by atoms with Gasteiger partial charge in [-0.25, -0.2) is 8.42 Å². The number of amides is 2. The first kappa shape index (κ1) is 25.7. The van der Waals surface area contributed by atoms with Gasteiger partial charge in [0, 0.05) is 37.8 Å². The molecule has 0 spiro atoms. The van der Waals surface area contributed by atoms with Crippen molar-refractivity contribution >= 4 is 27.5 Å². The first-order valence-corrected chi connectivity index (χ1v) is 13.7. The largest absolute Gasteiger partial charge is 0.339 e. The molecular weight excluding hydrogens is 438 g/mol. The number of carbonyl (C=O) groups excluding carboxylic acids is 2. The SMILES string of the molecule is CC(C)CN(CC(C)C)S(=O)(=O)c1ccc(NC(=O)C2CC(=O)N(C3CCCCC3)C2)cc1. The van der Waals surface area contributed by atoms with E-state index in [0.29, 0.717) is 25.3 Å². The summed E-state index contributed by atoms with van der Waals surface area (Å²) >= 11 is 0. The van der Waals surface area contributed by atoms with E-state index in [9.17, 15) is 18.0 Å². The monoisotopic (exact) mass is 477 g/mol. The minimum Gasteiger partial charge on any atom is -0.339 e. The highest BCUT2D eigenvalue weighted by atomic mass is 32.2. The fourth-order valence-corrected chi connectivity index (χ4v) is 6.61. The summed E-state index contributed by atoms with van der Waals surface area (Å²) in [6, 6.07) is 6.62. The van der Waals surface area contributed by atoms with Crippen molar-refractivity contribution in [2.45, 2.75) is 77.2 Å². The summed E-state index contributed by atoms with van der Waals surface area (Å²) in [5, 5.41) is 2.87. The number of anilines is 1. The zero-order valence-electron chi connectivity index (χ0n) is 20.4. The zero-order chi connectivity index (χ0) is 24.2. The van der Waals surface area contributed by atoms with Crippen LogP contribution >= 0.6 is 0 Å². The van der Waals surface area contributed by atoms with Crippen molar-refractivity contribution in [3.63, 3.8) is 0 Å². The Hall–Kier alpha value is -1.93. The summed E-state index contributed by atoms with van der Waals surface area (Å²) in [5.74, 6) is -0.0356. The van der Waals surface area contributed by atoms with Crippen LogP contribution in [0.15, 0.2) is 29.2 Å². The van der Waals surface area contributed by atoms with Crippen LogP contribution in [-0.2, 0) is 19.6 Å². The number of rotatable bonds is 9. The smallest absolute Gasteiger partial charge is 0.243 e. The van der Waals surface area contributed by atoms with Gasteiger partial charge in [-0.3, -0.25) is 9.59 Å². The number of nitrogens with one attached hydrogen (secondary N) is 1. The molecule has 1 aromatic rings. The van der Waals surface area contributed by atoms with E-state index in [1.54, 1.807) is 28.6 Å². The molecule has 1 N–H and O–H groups in total. The standard InChI is InChI=1S/C25H39N3O4S/c1-18(2)15-27(16-19(3)4)33(31,32)23-12-10-21(11-13-23)26-25(30)20-14-24(29)28(17-20)22-8-6-5-7-9-22/h10-13,18-20,22H,5-9,14-17H2,1-4H3,(H,26,30). The number of hydrogen-bond acceptors (Lipinski definition) is 4. The van der Waals surface area contributed by atoms with Crippen molar-refractivity contribution < 1.29 is 18.0 Å². The van der Waals surface area contributed by atoms with Crippen molar-refractivity contribution in [1.82, 2.24) is 9.21 Å². The molecule has 2 aliphatic rings. The molecule has 0 aromatic heterocycles. The van der Waals surface area contributed by atoms with Gasteiger partial charge in [-0.1, -0.05) is 47.0 Å². The Morgan fingerprint density at radius 3 is 2.15 bits per heavy atom. The van der Waals surface area contributed by atoms with Gasteiger partial charge in [-0.2, -0.15) is 4.31 Å². The summed E-state index contributed by atoms with van der Waals surface area (Å²) in [6.45, 7) is 9.42. The summed E-state index contributed by atoms with van der Waals surface area (Å²) in [5.41, 5.74) is 0.543. The predicted octanol–water partition coefficient (Wildman–Crippen LogP) is 4.11. The predicted molar refractivity (Wildman–Crippen MR) is 130 cm³/mol. The van der Waals surface area contributed by atoms with Gasteiger partial charge in [0.05, 0.1) is 10.8 Å². The van der Waals surface area contributed by atoms with Crippen LogP contribution in [-0.4, -0.2) is 55.1 Å². The molecule has 8 heteroatoms. The fraction of sp³-hybridized carbons (Fsp3) is 0.680. The van der Waals surface area contributed by atoms with E-state index < -0.39 is 10.0 Å². The summed E-state index contributed by atoms with van der Waals surface area (Å²) in [7, 11) is -3.61. The molecule has 1 saturated heterocycles. The normalized spacial score (nSPS) is 20.3. The fourth-order valence-electron chi connectivity index (χ4n) is 4.84. The molecule has 1 heterocycles. The topological polar surface area (TPSA) is 86.8 Å². The molecule has 0 radical (unpaired) electrons. The molecule has 1 aromatic carbocycles. The first-order valence-electron chi connectivity index (χ1n) is 12.3. The Morgan fingerprint density at radius 1 is 1.03 bits per heavy atom. The van der Waals surface area contributed by atoms with Crippen LogP contribution in [0.4, 0.5) is 5.69 Å². The van der Waals surface area contributed by atoms with E-state index in [1.807, 2.05) is 32.6 Å². The van der Waals surface area contributed by atoms with E-state index in [-0.39, 0.29) is 46.9 Å². The highest BCUT2D eigenvalue weighted by molar-refractivity contribution is 7.89. The Morgan fingerprint density at radius 2 is 1.61 bits per heavy atom. The Labute approximate surface area is 199 Å². The van der Waals surface area contributed by atoms with Gasteiger partial charge in [0.25, 0.3) is 0 Å². The lowest BCUT2D eigenvalue weighted by molar-refractivity contribution is -0.130. The maximum Gasteiger partial charge on any atom is 0.243 e. The minimum absolute atomic E-state index is 0.0684. The minimum atomic E-state index is -3.61. The maximum atomic E-state index is 13.2. The first-order chi connectivity index (χ1) is 15.6. The number of sulfonamides is 1. The van der Waals surface area contributed by atoms with Crippen LogP contribution in [0.5, 0.6) is 0 Å². The Balaban J connectivity index is 1.64. The lowest BCUT2D eigenvalue weighted by atomic mass is 9.94. The third kappa shape index (κ3) is 6.57. The number of hydrogen-bond donors (Lipinski definition) is 1. The quantitative estimate of drug-likeness (QED) is 0.580. The third-order valence-electron chi connectivity index (χ3n) is 6.44. The van der Waals surface area contributed by atoms with Crippen molar-refractivity contribution in [2.24, 2.45) is 17.8 Å². The van der Waals surface area contributed by atoms with E-state index in [2.05, 4.69) is 5.32 Å². The van der Waals surface area contributed by atoms with Crippen LogP contribution in [0.1, 0.15) is 66.2 Å². The van der Waals surface area contributed by atoms with Gasteiger partial charge >= 0.3 is 0 Å². The molecule has 1 unspecified atom stereocenters. The van der Waals surface area contributed by atoms with Gasteiger partial charge in [0.15, 0.2) is 0 Å². The number of likely N-dealkylation sites (tertiary alicyclic amines) is 1. The van der Waals surface area contributed by atoms with Gasteiger partial charge in [0.1, 0.15) is 0 Å². The highest BCUT2D eigenvalue weighted by Crippen LogP contribution is 2.29. The zero-order valence-corrected chi connectivity index (χ0v) is 21.2. The van der Waals surface area contributed by atoms with Gasteiger partial charge in [-0.15, -0.1) is 0 Å². The molecule has 1 aliphatic heterocycles. The van der Waals surface area contributed by atoms with Gasteiger partial charge in [0.2, 0.25) is 21.8 Å². The average molecular weight is 478 g/mol. The maximum absolute atomic E-state index is 13.2. The second kappa shape index (κ2) is 11.0. The third-order valence-corrected chi connectivity index (χ3v) is 8.29. The molecule has 3 rings (SSSR count). The summed E-state index contributed by atoms with van der Waals surface area (Å²) in [4.78, 5) is 27.4. The lowest BCUT2D eigenvalue weighted by Crippen LogP contribution is -2.38. The highest BCUT2D eigenvalue weighted by Gasteiger charge is 2.38. The van der Waals surface area contributed by atoms with Crippen molar-refractivity contribution in [2.75, 3.05) is 25.0 Å². The van der Waals surface area contributed by atoms with Crippen LogP contribution in [0.2, 0.25) is 0 Å². The second-order valence-corrected chi connectivity index (χ2v) is 12.3. The van der Waals surface area contributed by atoms with E-state index >= 15 is 0 Å². The molecular formula is C25H39N3O4S. The van der Waals surface area contributed by atoms with E-state index in [1.165, 1.54) is 6.42 Å². The molecule has 1 saturated carbocycles. The van der Waals surface area contributed by atoms with E-state index in [0.717, 1.165) is 25.7 Å². The second-order valence-electron chi connectivity index (χ2n) is 10.4. The van der Waals surface area contributed by atoms with E-state index in [4.69, 9.17) is 0 Å². The summed E-state index contributed by atoms with van der Waals surface area (Å²) in [6.07, 6.45) is 5.81. The Kier molecular flexibility index (Phi) is 8.56. The van der Waals surface area contributed by atoms with Crippen LogP contribution < -0.4 is 5.32 Å². The van der Waals surface area contributed by atoms with Gasteiger partial charge in [-0.05, 0) is 48.9 Å². The van der Waals surface area contributed by atoms with Gasteiger partial charge < -0.3 is 10.2 Å². The molecule has 7 nitrogen and oxygen atoms in total. The molecule has 1 atom stereocenters. The number of carbonyl (C=O) groups is 2. The number of benzene rings is 1. The van der Waals surface area contributed by atoms with Crippen LogP contribution in [0, 0.1) is 17.8 Å². The number of nitrogens with zero attached hydrogens (tertiary/aromatic N) is 2. The molecule has 2 fully saturated rings. The molecule has 0 bridgehead atoms. The lowest BCUT2D eigenvalue weighted by Gasteiger charge is -2.31. The van der Waals surface area contributed by atoms with Crippen LogP contribution in [0.3, 0.4) is 0 Å². The van der Waals surface area contributed by atoms with Crippen molar-refractivity contribution in [3.8, 4) is 0 Å². The molecule has 1 aliphatic carbocycles. The molecule has 184 valence electrons. The van der Waals surface area contributed by atoms with Crippen LogP contribution in [0.25, 0.3) is 0 Å². The van der Waals surface area contributed by atoms with Crippen molar-refractivity contribution in [1.29, 1.82) is 0 Å².